The summed E-state index contributed by atoms with van der Waals surface area (Å²) in [6.07, 6.45) is 1.48. The summed E-state index contributed by atoms with van der Waals surface area (Å²) in [7, 11) is 3.27. The molecule has 6 nitrogen and oxygen atoms in total. The van der Waals surface area contributed by atoms with Crippen molar-refractivity contribution in [1.82, 2.24) is 9.80 Å². The number of benzene rings is 2. The maximum Gasteiger partial charge on any atom is 0.240 e. The van der Waals surface area contributed by atoms with Crippen LogP contribution in [0.3, 0.4) is 0 Å². The number of hydrogen-bond acceptors (Lipinski definition) is 5. The predicted molar refractivity (Wildman–Crippen MR) is 117 cm³/mol. The van der Waals surface area contributed by atoms with Gasteiger partial charge in [0.1, 0.15) is 0 Å². The number of carbonyl (C=O) groups is 1. The number of ether oxygens (including phenoxy) is 2. The van der Waals surface area contributed by atoms with Gasteiger partial charge < -0.3 is 20.1 Å². The van der Waals surface area contributed by atoms with Crippen molar-refractivity contribution in [2.24, 2.45) is 5.73 Å². The van der Waals surface area contributed by atoms with Crippen molar-refractivity contribution in [1.29, 1.82) is 0 Å². The number of carbonyl (C=O) groups excluding carboxylic acids is 1. The van der Waals surface area contributed by atoms with Gasteiger partial charge >= 0.3 is 0 Å². The Kier molecular flexibility index (Phi) is 6.18. The average Bonchev–Trinajstić information content (AvgIpc) is 3.11. The third kappa shape index (κ3) is 4.26. The van der Waals surface area contributed by atoms with Crippen LogP contribution in [0.15, 0.2) is 36.4 Å². The van der Waals surface area contributed by atoms with E-state index in [4.69, 9.17) is 26.8 Å². The number of nitrogens with zero attached hydrogens (tertiary/aromatic N) is 2. The number of halogens is 1. The lowest BCUT2D eigenvalue weighted by Gasteiger charge is -2.34. The number of nitrogens with two attached hydrogens (primary N) is 1. The SMILES string of the molecule is COc1cc2c(cc1OC)CN(C(=O)[C@@H]1C[C@H](N)CN1Cc1cccc(Cl)c1)CC2. The average molecular weight is 430 g/mol. The Morgan fingerprint density at radius 2 is 1.90 bits per heavy atom. The summed E-state index contributed by atoms with van der Waals surface area (Å²) in [5.74, 6) is 1.56. The first-order valence-corrected chi connectivity index (χ1v) is 10.6. The van der Waals surface area contributed by atoms with E-state index in [1.807, 2.05) is 41.3 Å². The molecule has 0 spiro atoms. The molecule has 2 aromatic carbocycles. The monoisotopic (exact) mass is 429 g/mol. The Bertz CT molecular complexity index is 936. The van der Waals surface area contributed by atoms with Crippen LogP contribution in [-0.4, -0.2) is 55.1 Å². The molecule has 1 saturated heterocycles. The van der Waals surface area contributed by atoms with Gasteiger partial charge in [0.25, 0.3) is 0 Å². The quantitative estimate of drug-likeness (QED) is 0.791. The Labute approximate surface area is 182 Å². The topological polar surface area (TPSA) is 68.0 Å². The molecule has 2 N–H and O–H groups in total. The van der Waals surface area contributed by atoms with Crippen LogP contribution in [-0.2, 0) is 24.3 Å². The van der Waals surface area contributed by atoms with Crippen molar-refractivity contribution in [2.75, 3.05) is 27.3 Å². The van der Waals surface area contributed by atoms with E-state index < -0.39 is 0 Å². The molecule has 7 heteroatoms. The number of amides is 1. The van der Waals surface area contributed by atoms with Crippen molar-refractivity contribution in [3.05, 3.63) is 58.1 Å². The number of methoxy groups -OCH3 is 2. The van der Waals surface area contributed by atoms with Crippen LogP contribution in [0.4, 0.5) is 0 Å². The van der Waals surface area contributed by atoms with E-state index in [0.29, 0.717) is 43.4 Å². The molecule has 0 unspecified atom stereocenters. The van der Waals surface area contributed by atoms with E-state index >= 15 is 0 Å². The van der Waals surface area contributed by atoms with E-state index in [0.717, 1.165) is 23.3 Å². The number of hydrogen-bond donors (Lipinski definition) is 1. The normalized spacial score (nSPS) is 21.4. The van der Waals surface area contributed by atoms with Gasteiger partial charge in [-0.05, 0) is 53.8 Å². The second kappa shape index (κ2) is 8.84. The minimum Gasteiger partial charge on any atom is -0.493 e. The summed E-state index contributed by atoms with van der Waals surface area (Å²) in [4.78, 5) is 17.6. The molecule has 0 bridgehead atoms. The van der Waals surface area contributed by atoms with Gasteiger partial charge in [-0.15, -0.1) is 0 Å². The molecular formula is C23H28ClN3O3. The molecule has 1 amide bonds. The Balaban J connectivity index is 1.50. The first-order chi connectivity index (χ1) is 14.5. The Morgan fingerprint density at radius 3 is 2.60 bits per heavy atom. The first-order valence-electron chi connectivity index (χ1n) is 10.2. The number of likely N-dealkylation sites (tertiary alicyclic amines) is 1. The van der Waals surface area contributed by atoms with Crippen molar-refractivity contribution >= 4 is 17.5 Å². The molecule has 1 fully saturated rings. The second-order valence-corrected chi connectivity index (χ2v) is 8.49. The van der Waals surface area contributed by atoms with Gasteiger partial charge in [-0.2, -0.15) is 0 Å². The Morgan fingerprint density at radius 1 is 1.17 bits per heavy atom. The largest absolute Gasteiger partial charge is 0.493 e. The first kappa shape index (κ1) is 21.0. The molecule has 0 aliphatic carbocycles. The summed E-state index contributed by atoms with van der Waals surface area (Å²) in [6, 6.07) is 11.6. The lowest BCUT2D eigenvalue weighted by atomic mass is 9.98. The van der Waals surface area contributed by atoms with E-state index in [2.05, 4.69) is 4.90 Å². The second-order valence-electron chi connectivity index (χ2n) is 8.06. The van der Waals surface area contributed by atoms with Crippen molar-refractivity contribution < 1.29 is 14.3 Å². The van der Waals surface area contributed by atoms with Crippen molar-refractivity contribution in [3.63, 3.8) is 0 Å². The lowest BCUT2D eigenvalue weighted by Crippen LogP contribution is -2.47. The van der Waals surface area contributed by atoms with E-state index in [-0.39, 0.29) is 18.0 Å². The van der Waals surface area contributed by atoms with Crippen LogP contribution < -0.4 is 15.2 Å². The highest BCUT2D eigenvalue weighted by molar-refractivity contribution is 6.30. The van der Waals surface area contributed by atoms with Gasteiger partial charge in [0.2, 0.25) is 5.91 Å². The molecule has 30 heavy (non-hydrogen) atoms. The summed E-state index contributed by atoms with van der Waals surface area (Å²) >= 11 is 6.14. The standard InChI is InChI=1S/C23H28ClN3O3/c1-29-21-9-16-6-7-26(13-17(16)10-22(21)30-2)23(28)20-11-19(25)14-27(20)12-15-4-3-5-18(24)8-15/h3-5,8-10,19-20H,6-7,11-14,25H2,1-2H3/t19-,20-/m0/s1. The molecule has 2 heterocycles. The number of fused-ring (bicyclic) bond motifs is 1. The smallest absolute Gasteiger partial charge is 0.240 e. The Hall–Kier alpha value is -2.28. The van der Waals surface area contributed by atoms with Gasteiger partial charge in [0.05, 0.1) is 20.3 Å². The van der Waals surface area contributed by atoms with Crippen LogP contribution in [0.2, 0.25) is 5.02 Å². The predicted octanol–water partition coefficient (Wildman–Crippen LogP) is 2.84. The highest BCUT2D eigenvalue weighted by atomic mass is 35.5. The third-order valence-electron chi connectivity index (χ3n) is 6.03. The van der Waals surface area contributed by atoms with Crippen LogP contribution >= 0.6 is 11.6 Å². The zero-order chi connectivity index (χ0) is 21.3. The number of rotatable bonds is 5. The van der Waals surface area contributed by atoms with Gasteiger partial charge in [0.15, 0.2) is 11.5 Å². The van der Waals surface area contributed by atoms with Gasteiger partial charge in [-0.1, -0.05) is 23.7 Å². The van der Waals surface area contributed by atoms with Crippen molar-refractivity contribution in [2.45, 2.75) is 38.0 Å². The summed E-state index contributed by atoms with van der Waals surface area (Å²) < 4.78 is 10.9. The van der Waals surface area contributed by atoms with Crippen LogP contribution in [0.1, 0.15) is 23.1 Å². The minimum atomic E-state index is -0.208. The van der Waals surface area contributed by atoms with Crippen LogP contribution in [0.25, 0.3) is 0 Å². The third-order valence-corrected chi connectivity index (χ3v) is 6.26. The van der Waals surface area contributed by atoms with Gasteiger partial charge in [0, 0.05) is 37.2 Å². The fraction of sp³-hybridized carbons (Fsp3) is 0.435. The highest BCUT2D eigenvalue weighted by Gasteiger charge is 2.38. The van der Waals surface area contributed by atoms with E-state index in [1.54, 1.807) is 14.2 Å². The van der Waals surface area contributed by atoms with Crippen LogP contribution in [0, 0.1) is 0 Å². The zero-order valence-corrected chi connectivity index (χ0v) is 18.2. The molecule has 0 saturated carbocycles. The fourth-order valence-electron chi connectivity index (χ4n) is 4.52. The van der Waals surface area contributed by atoms with E-state index in [1.165, 1.54) is 5.56 Å². The zero-order valence-electron chi connectivity index (χ0n) is 17.4. The molecule has 0 aromatic heterocycles. The molecule has 2 aliphatic heterocycles. The summed E-state index contributed by atoms with van der Waals surface area (Å²) in [5.41, 5.74) is 9.65. The molecule has 2 aromatic rings. The van der Waals surface area contributed by atoms with E-state index in [9.17, 15) is 4.79 Å². The van der Waals surface area contributed by atoms with Gasteiger partial charge in [-0.3, -0.25) is 9.69 Å². The summed E-state index contributed by atoms with van der Waals surface area (Å²) in [5, 5.41) is 0.705. The van der Waals surface area contributed by atoms with Crippen molar-refractivity contribution in [3.8, 4) is 11.5 Å². The van der Waals surface area contributed by atoms with Crippen LogP contribution in [0.5, 0.6) is 11.5 Å². The lowest BCUT2D eigenvalue weighted by molar-refractivity contribution is -0.137. The summed E-state index contributed by atoms with van der Waals surface area (Å²) in [6.45, 7) is 2.64. The van der Waals surface area contributed by atoms with Gasteiger partial charge in [-0.25, -0.2) is 0 Å². The molecule has 2 aliphatic rings. The molecule has 2 atom stereocenters. The molecule has 0 radical (unpaired) electrons. The molecular weight excluding hydrogens is 402 g/mol. The molecule has 4 rings (SSSR count). The maximum absolute atomic E-state index is 13.4. The fourth-order valence-corrected chi connectivity index (χ4v) is 4.74. The molecule has 160 valence electrons. The minimum absolute atomic E-state index is 0.000402. The highest BCUT2D eigenvalue weighted by Crippen LogP contribution is 2.34. The maximum atomic E-state index is 13.4.